The van der Waals surface area contributed by atoms with Crippen molar-refractivity contribution in [3.8, 4) is 0 Å². The van der Waals surface area contributed by atoms with E-state index in [0.29, 0.717) is 13.2 Å². The maximum Gasteiger partial charge on any atom is 0.0897 e. The van der Waals surface area contributed by atoms with Gasteiger partial charge in [-0.25, -0.2) is 0 Å². The van der Waals surface area contributed by atoms with Gasteiger partial charge in [0.2, 0.25) is 0 Å². The molecule has 0 aromatic carbocycles. The molecule has 108 valence electrons. The van der Waals surface area contributed by atoms with Gasteiger partial charge in [-0.1, -0.05) is 6.92 Å². The van der Waals surface area contributed by atoms with Crippen molar-refractivity contribution in [2.75, 3.05) is 13.2 Å². The lowest BCUT2D eigenvalue weighted by molar-refractivity contribution is -0.0458. The summed E-state index contributed by atoms with van der Waals surface area (Å²) in [4.78, 5) is 0. The highest BCUT2D eigenvalue weighted by Gasteiger charge is 2.17. The standard InChI is InChI=1S/C14H23BrN2O2/c1-3-12-14(15)13(17(4-2)16-12)10-18-9-11-7-5-6-8-19-11/h11H,3-10H2,1-2H3. The lowest BCUT2D eigenvalue weighted by Gasteiger charge is -2.22. The first kappa shape index (κ1) is 15.0. The molecular formula is C14H23BrN2O2. The first-order valence-corrected chi connectivity index (χ1v) is 7.98. The highest BCUT2D eigenvalue weighted by atomic mass is 79.9. The number of hydrogen-bond acceptors (Lipinski definition) is 3. The molecule has 0 spiro atoms. The van der Waals surface area contributed by atoms with Gasteiger partial charge < -0.3 is 9.47 Å². The summed E-state index contributed by atoms with van der Waals surface area (Å²) in [5, 5.41) is 4.57. The Morgan fingerprint density at radius 2 is 2.26 bits per heavy atom. The third-order valence-corrected chi connectivity index (χ3v) is 4.43. The predicted molar refractivity (Wildman–Crippen MR) is 78.2 cm³/mol. The molecule has 2 rings (SSSR count). The number of aromatic nitrogens is 2. The molecule has 1 aromatic heterocycles. The van der Waals surface area contributed by atoms with Crippen molar-refractivity contribution in [2.45, 2.75) is 58.8 Å². The number of hydrogen-bond donors (Lipinski definition) is 0. The molecular weight excluding hydrogens is 308 g/mol. The smallest absolute Gasteiger partial charge is 0.0897 e. The van der Waals surface area contributed by atoms with E-state index in [-0.39, 0.29) is 6.10 Å². The molecule has 5 heteroatoms. The monoisotopic (exact) mass is 330 g/mol. The number of rotatable bonds is 6. The van der Waals surface area contributed by atoms with Crippen LogP contribution in [-0.2, 0) is 29.0 Å². The van der Waals surface area contributed by atoms with E-state index < -0.39 is 0 Å². The van der Waals surface area contributed by atoms with Gasteiger partial charge in [0.15, 0.2) is 0 Å². The van der Waals surface area contributed by atoms with Gasteiger partial charge in [0.05, 0.1) is 35.2 Å². The molecule has 0 amide bonds. The molecule has 0 bridgehead atoms. The molecule has 1 aliphatic rings. The largest absolute Gasteiger partial charge is 0.376 e. The Labute approximate surface area is 123 Å². The summed E-state index contributed by atoms with van der Waals surface area (Å²) >= 11 is 3.63. The third kappa shape index (κ3) is 3.80. The molecule has 0 N–H and O–H groups in total. The summed E-state index contributed by atoms with van der Waals surface area (Å²) in [5.41, 5.74) is 2.24. The summed E-state index contributed by atoms with van der Waals surface area (Å²) in [6.45, 7) is 7.26. The van der Waals surface area contributed by atoms with Crippen LogP contribution >= 0.6 is 15.9 Å². The second-order valence-corrected chi connectivity index (χ2v) is 5.67. The number of halogens is 1. The lowest BCUT2D eigenvalue weighted by atomic mass is 10.1. The summed E-state index contributed by atoms with van der Waals surface area (Å²) in [7, 11) is 0. The highest BCUT2D eigenvalue weighted by Crippen LogP contribution is 2.23. The van der Waals surface area contributed by atoms with Crippen LogP contribution in [0.15, 0.2) is 4.47 Å². The molecule has 1 aliphatic heterocycles. The van der Waals surface area contributed by atoms with E-state index in [1.54, 1.807) is 0 Å². The van der Waals surface area contributed by atoms with Gasteiger partial charge in [-0.15, -0.1) is 0 Å². The van der Waals surface area contributed by atoms with Gasteiger partial charge in [-0.3, -0.25) is 4.68 Å². The molecule has 1 saturated heterocycles. The first-order valence-electron chi connectivity index (χ1n) is 7.19. The zero-order chi connectivity index (χ0) is 13.7. The minimum atomic E-state index is 0.274. The molecule has 19 heavy (non-hydrogen) atoms. The normalized spacial score (nSPS) is 19.8. The van der Waals surface area contributed by atoms with Crippen LogP contribution < -0.4 is 0 Å². The molecule has 2 heterocycles. The predicted octanol–water partition coefficient (Wildman–Crippen LogP) is 3.31. The highest BCUT2D eigenvalue weighted by molar-refractivity contribution is 9.10. The van der Waals surface area contributed by atoms with E-state index in [4.69, 9.17) is 9.47 Å². The van der Waals surface area contributed by atoms with Gasteiger partial charge in [0.1, 0.15) is 0 Å². The summed E-state index contributed by atoms with van der Waals surface area (Å²) in [6.07, 6.45) is 4.77. The van der Waals surface area contributed by atoms with Gasteiger partial charge in [-0.05, 0) is 48.5 Å². The minimum absolute atomic E-state index is 0.274. The maximum atomic E-state index is 5.82. The third-order valence-electron chi connectivity index (χ3n) is 3.51. The topological polar surface area (TPSA) is 36.3 Å². The van der Waals surface area contributed by atoms with Crippen LogP contribution in [0.1, 0.15) is 44.5 Å². The Kier molecular flexibility index (Phi) is 5.85. The van der Waals surface area contributed by atoms with Crippen LogP contribution in [0.5, 0.6) is 0 Å². The van der Waals surface area contributed by atoms with E-state index in [2.05, 4.69) is 34.9 Å². The minimum Gasteiger partial charge on any atom is -0.376 e. The Morgan fingerprint density at radius 1 is 1.42 bits per heavy atom. The maximum absolute atomic E-state index is 5.82. The molecule has 0 aliphatic carbocycles. The van der Waals surface area contributed by atoms with Crippen molar-refractivity contribution < 1.29 is 9.47 Å². The van der Waals surface area contributed by atoms with Crippen molar-refractivity contribution in [1.82, 2.24) is 9.78 Å². The number of ether oxygens (including phenoxy) is 2. The zero-order valence-electron chi connectivity index (χ0n) is 11.8. The van der Waals surface area contributed by atoms with Crippen LogP contribution in [-0.4, -0.2) is 29.1 Å². The van der Waals surface area contributed by atoms with Gasteiger partial charge in [0, 0.05) is 13.2 Å². The van der Waals surface area contributed by atoms with E-state index in [0.717, 1.165) is 41.9 Å². The summed E-state index contributed by atoms with van der Waals surface area (Å²) < 4.78 is 14.6. The van der Waals surface area contributed by atoms with E-state index in [9.17, 15) is 0 Å². The zero-order valence-corrected chi connectivity index (χ0v) is 13.4. The van der Waals surface area contributed by atoms with Crippen LogP contribution in [0.2, 0.25) is 0 Å². The molecule has 0 radical (unpaired) electrons. The van der Waals surface area contributed by atoms with Crippen LogP contribution in [0.25, 0.3) is 0 Å². The fourth-order valence-electron chi connectivity index (χ4n) is 2.38. The molecule has 1 unspecified atom stereocenters. The SMILES string of the molecule is CCc1nn(CC)c(COCC2CCCCO2)c1Br. The average Bonchev–Trinajstić information content (AvgIpc) is 2.76. The molecule has 0 saturated carbocycles. The van der Waals surface area contributed by atoms with Crippen LogP contribution in [0.3, 0.4) is 0 Å². The number of nitrogens with zero attached hydrogens (tertiary/aromatic N) is 2. The van der Waals surface area contributed by atoms with Crippen molar-refractivity contribution in [2.24, 2.45) is 0 Å². The Hall–Kier alpha value is -0.390. The summed E-state index contributed by atoms with van der Waals surface area (Å²) in [5.74, 6) is 0. The fourth-order valence-corrected chi connectivity index (χ4v) is 3.06. The van der Waals surface area contributed by atoms with E-state index in [1.807, 2.05) is 4.68 Å². The second kappa shape index (κ2) is 7.41. The van der Waals surface area contributed by atoms with Crippen molar-refractivity contribution >= 4 is 15.9 Å². The van der Waals surface area contributed by atoms with E-state index >= 15 is 0 Å². The Morgan fingerprint density at radius 3 is 2.89 bits per heavy atom. The van der Waals surface area contributed by atoms with Gasteiger partial charge >= 0.3 is 0 Å². The second-order valence-electron chi connectivity index (χ2n) is 4.88. The quantitative estimate of drug-likeness (QED) is 0.802. The van der Waals surface area contributed by atoms with Crippen molar-refractivity contribution in [1.29, 1.82) is 0 Å². The molecule has 1 aromatic rings. The first-order chi connectivity index (χ1) is 9.26. The Balaban J connectivity index is 1.89. The van der Waals surface area contributed by atoms with Gasteiger partial charge in [-0.2, -0.15) is 5.10 Å². The van der Waals surface area contributed by atoms with E-state index in [1.165, 1.54) is 12.8 Å². The van der Waals surface area contributed by atoms with Crippen molar-refractivity contribution in [3.63, 3.8) is 0 Å². The average molecular weight is 331 g/mol. The van der Waals surface area contributed by atoms with Crippen LogP contribution in [0.4, 0.5) is 0 Å². The molecule has 4 nitrogen and oxygen atoms in total. The van der Waals surface area contributed by atoms with Crippen molar-refractivity contribution in [3.05, 3.63) is 15.9 Å². The molecule has 1 atom stereocenters. The lowest BCUT2D eigenvalue weighted by Crippen LogP contribution is -2.24. The van der Waals surface area contributed by atoms with Crippen LogP contribution in [0, 0.1) is 0 Å². The summed E-state index contributed by atoms with van der Waals surface area (Å²) in [6, 6.07) is 0. The fraction of sp³-hybridized carbons (Fsp3) is 0.786. The Bertz CT molecular complexity index is 400. The number of aryl methyl sites for hydroxylation is 2. The van der Waals surface area contributed by atoms with Gasteiger partial charge in [0.25, 0.3) is 0 Å². The molecule has 1 fully saturated rings.